The van der Waals surface area contributed by atoms with Crippen LogP contribution in [0, 0.1) is 6.92 Å². The summed E-state index contributed by atoms with van der Waals surface area (Å²) in [6.07, 6.45) is 1.29. The molecule has 1 amide bonds. The van der Waals surface area contributed by atoms with Crippen LogP contribution in [0.5, 0.6) is 5.75 Å². The maximum absolute atomic E-state index is 12.0. The number of benzene rings is 1. The van der Waals surface area contributed by atoms with Gasteiger partial charge in [-0.15, -0.1) is 0 Å². The summed E-state index contributed by atoms with van der Waals surface area (Å²) < 4.78 is 5.53. The molecule has 1 N–H and O–H groups in total. The molecule has 0 aliphatic heterocycles. The van der Waals surface area contributed by atoms with Gasteiger partial charge in [0.05, 0.1) is 21.6 Å². The van der Waals surface area contributed by atoms with Crippen molar-refractivity contribution < 1.29 is 9.53 Å². The number of rotatable bonds is 5. The lowest BCUT2D eigenvalue weighted by atomic mass is 10.2. The maximum atomic E-state index is 12.0. The van der Waals surface area contributed by atoms with Gasteiger partial charge in [0, 0.05) is 6.20 Å². The Morgan fingerprint density at radius 2 is 2.05 bits per heavy atom. The van der Waals surface area contributed by atoms with Gasteiger partial charge in [-0.3, -0.25) is 4.79 Å². The van der Waals surface area contributed by atoms with Gasteiger partial charge in [-0.1, -0.05) is 46.9 Å². The van der Waals surface area contributed by atoms with Crippen molar-refractivity contribution in [2.45, 2.75) is 6.92 Å². The van der Waals surface area contributed by atoms with Gasteiger partial charge in [-0.05, 0) is 24.6 Å². The third-order valence-electron chi connectivity index (χ3n) is 2.78. The van der Waals surface area contributed by atoms with Crippen LogP contribution < -0.4 is 10.1 Å². The minimum atomic E-state index is -0.434. The lowest BCUT2D eigenvalue weighted by Crippen LogP contribution is -2.29. The van der Waals surface area contributed by atoms with E-state index in [2.05, 4.69) is 10.3 Å². The number of halogens is 3. The van der Waals surface area contributed by atoms with Crippen molar-refractivity contribution in [2.24, 2.45) is 0 Å². The van der Waals surface area contributed by atoms with Crippen molar-refractivity contribution in [1.82, 2.24) is 10.3 Å². The van der Waals surface area contributed by atoms with Crippen LogP contribution in [0.4, 0.5) is 0 Å². The summed E-state index contributed by atoms with van der Waals surface area (Å²) in [5.41, 5.74) is 1.14. The normalized spacial score (nSPS) is 10.4. The monoisotopic (exact) mass is 358 g/mol. The number of ether oxygens (including phenoxy) is 1. The van der Waals surface area contributed by atoms with Gasteiger partial charge in [0.1, 0.15) is 18.1 Å². The highest BCUT2D eigenvalue weighted by atomic mass is 35.5. The maximum Gasteiger partial charge on any atom is 0.271 e. The van der Waals surface area contributed by atoms with Crippen LogP contribution in [0.2, 0.25) is 15.1 Å². The van der Waals surface area contributed by atoms with Crippen molar-refractivity contribution >= 4 is 40.7 Å². The Labute approximate surface area is 143 Å². The number of aromatic nitrogens is 1. The second-order valence-corrected chi connectivity index (χ2v) is 5.67. The highest BCUT2D eigenvalue weighted by molar-refractivity contribution is 6.48. The number of hydrogen-bond acceptors (Lipinski definition) is 3. The molecule has 0 fully saturated rings. The summed E-state index contributed by atoms with van der Waals surface area (Å²) in [5, 5.41) is 3.00. The SMILES string of the molecule is Cc1cccc(OCCNC(=O)c2ncc(Cl)c(Cl)c2Cl)c1. The molecule has 0 aliphatic rings. The number of hydrogen-bond donors (Lipinski definition) is 1. The average molecular weight is 360 g/mol. The first-order valence-electron chi connectivity index (χ1n) is 6.46. The van der Waals surface area contributed by atoms with Gasteiger partial charge in [0.2, 0.25) is 0 Å². The zero-order valence-corrected chi connectivity index (χ0v) is 14.0. The fourth-order valence-corrected chi connectivity index (χ4v) is 2.29. The number of aryl methyl sites for hydroxylation is 1. The highest BCUT2D eigenvalue weighted by Crippen LogP contribution is 2.30. The molecule has 1 heterocycles. The molecule has 0 radical (unpaired) electrons. The topological polar surface area (TPSA) is 51.2 Å². The molecule has 22 heavy (non-hydrogen) atoms. The van der Waals surface area contributed by atoms with E-state index < -0.39 is 5.91 Å². The number of pyridine rings is 1. The van der Waals surface area contributed by atoms with Gasteiger partial charge in [0.15, 0.2) is 0 Å². The lowest BCUT2D eigenvalue weighted by molar-refractivity contribution is 0.0942. The summed E-state index contributed by atoms with van der Waals surface area (Å²) in [5.74, 6) is 0.316. The molecule has 0 unspecified atom stereocenters. The highest BCUT2D eigenvalue weighted by Gasteiger charge is 2.16. The number of carbonyl (C=O) groups excluding carboxylic acids is 1. The Balaban J connectivity index is 1.87. The van der Waals surface area contributed by atoms with E-state index in [1.165, 1.54) is 6.20 Å². The number of nitrogens with zero attached hydrogens (tertiary/aromatic N) is 1. The fraction of sp³-hybridized carbons (Fsp3) is 0.200. The van der Waals surface area contributed by atoms with E-state index in [1.807, 2.05) is 31.2 Å². The number of amides is 1. The Kier molecular flexibility index (Phi) is 5.89. The molecule has 7 heteroatoms. The molecule has 1 aromatic carbocycles. The molecule has 0 aliphatic carbocycles. The van der Waals surface area contributed by atoms with E-state index in [0.29, 0.717) is 13.2 Å². The molecule has 116 valence electrons. The van der Waals surface area contributed by atoms with Crippen LogP contribution in [0.25, 0.3) is 0 Å². The summed E-state index contributed by atoms with van der Waals surface area (Å²) in [6.45, 7) is 2.62. The molecule has 0 spiro atoms. The standard InChI is InChI=1S/C15H13Cl3N2O2/c1-9-3-2-4-10(7-9)22-6-5-19-15(21)14-13(18)12(17)11(16)8-20-14/h2-4,7-8H,5-6H2,1H3,(H,19,21). The van der Waals surface area contributed by atoms with Crippen molar-refractivity contribution in [3.63, 3.8) is 0 Å². The number of nitrogens with one attached hydrogen (secondary N) is 1. The van der Waals surface area contributed by atoms with Crippen molar-refractivity contribution in [2.75, 3.05) is 13.2 Å². The van der Waals surface area contributed by atoms with Crippen LogP contribution in [0.3, 0.4) is 0 Å². The summed E-state index contributed by atoms with van der Waals surface area (Å²) in [7, 11) is 0. The first-order valence-corrected chi connectivity index (χ1v) is 7.59. The Hall–Kier alpha value is -1.49. The van der Waals surface area contributed by atoms with Crippen molar-refractivity contribution in [1.29, 1.82) is 0 Å². The summed E-state index contributed by atoms with van der Waals surface area (Å²) in [4.78, 5) is 15.9. The zero-order valence-electron chi connectivity index (χ0n) is 11.7. The molecule has 2 aromatic rings. The second kappa shape index (κ2) is 7.68. The van der Waals surface area contributed by atoms with Gasteiger partial charge in [0.25, 0.3) is 5.91 Å². The van der Waals surface area contributed by atoms with E-state index in [0.717, 1.165) is 11.3 Å². The van der Waals surface area contributed by atoms with Gasteiger partial charge in [-0.25, -0.2) is 4.98 Å². The fourth-order valence-electron chi connectivity index (χ4n) is 1.72. The minimum absolute atomic E-state index is 0.0336. The van der Waals surface area contributed by atoms with E-state index in [4.69, 9.17) is 39.5 Å². The van der Waals surface area contributed by atoms with E-state index in [1.54, 1.807) is 0 Å². The summed E-state index contributed by atoms with van der Waals surface area (Å²) in [6, 6.07) is 7.65. The predicted molar refractivity (Wildman–Crippen MR) is 88.3 cm³/mol. The first-order chi connectivity index (χ1) is 10.5. The lowest BCUT2D eigenvalue weighted by Gasteiger charge is -2.09. The smallest absolute Gasteiger partial charge is 0.271 e. The summed E-state index contributed by atoms with van der Waals surface area (Å²) >= 11 is 17.6. The van der Waals surface area contributed by atoms with Crippen LogP contribution in [0.15, 0.2) is 30.5 Å². The van der Waals surface area contributed by atoms with Gasteiger partial charge >= 0.3 is 0 Å². The zero-order chi connectivity index (χ0) is 16.1. The Bertz CT molecular complexity index is 692. The molecular weight excluding hydrogens is 347 g/mol. The third kappa shape index (κ3) is 4.26. The second-order valence-electron chi connectivity index (χ2n) is 4.50. The molecule has 2 rings (SSSR count). The predicted octanol–water partition coefficient (Wildman–Crippen LogP) is 4.16. The van der Waals surface area contributed by atoms with Crippen LogP contribution in [0.1, 0.15) is 16.1 Å². The molecule has 0 saturated carbocycles. The van der Waals surface area contributed by atoms with Crippen molar-refractivity contribution in [3.8, 4) is 5.75 Å². The van der Waals surface area contributed by atoms with E-state index in [9.17, 15) is 4.79 Å². The largest absolute Gasteiger partial charge is 0.492 e. The van der Waals surface area contributed by atoms with Crippen molar-refractivity contribution in [3.05, 3.63) is 56.8 Å². The van der Waals surface area contributed by atoms with E-state index >= 15 is 0 Å². The molecule has 4 nitrogen and oxygen atoms in total. The third-order valence-corrected chi connectivity index (χ3v) is 4.02. The Morgan fingerprint density at radius 3 is 2.77 bits per heavy atom. The number of carbonyl (C=O) groups is 1. The molecule has 1 aromatic heterocycles. The molecular formula is C15H13Cl3N2O2. The molecule has 0 saturated heterocycles. The molecule has 0 bridgehead atoms. The quantitative estimate of drug-likeness (QED) is 0.816. The van der Waals surface area contributed by atoms with Gasteiger partial charge < -0.3 is 10.1 Å². The average Bonchev–Trinajstić information content (AvgIpc) is 2.49. The van der Waals surface area contributed by atoms with Crippen LogP contribution in [-0.4, -0.2) is 24.0 Å². The van der Waals surface area contributed by atoms with Crippen LogP contribution >= 0.6 is 34.8 Å². The van der Waals surface area contributed by atoms with E-state index in [-0.39, 0.29) is 20.8 Å². The first kappa shape index (κ1) is 16.9. The van der Waals surface area contributed by atoms with Crippen LogP contribution in [-0.2, 0) is 0 Å². The molecule has 0 atom stereocenters. The Morgan fingerprint density at radius 1 is 1.27 bits per heavy atom. The minimum Gasteiger partial charge on any atom is -0.492 e. The van der Waals surface area contributed by atoms with Gasteiger partial charge in [-0.2, -0.15) is 0 Å².